The third kappa shape index (κ3) is 3050. The van der Waals surface area contributed by atoms with Crippen LogP contribution in [0.25, 0.3) is 0 Å². The zero-order valence-electron chi connectivity index (χ0n) is 2.73. The molecule has 0 saturated heterocycles. The SMILES string of the molecule is O.O.O=C[O-].[Co+2]. The molecule has 0 aromatic carbocycles. The van der Waals surface area contributed by atoms with E-state index in [1.807, 2.05) is 0 Å². The summed E-state index contributed by atoms with van der Waals surface area (Å²) in [6.45, 7) is -0.500. The third-order valence-electron chi connectivity index (χ3n) is 0. The van der Waals surface area contributed by atoms with E-state index in [1.165, 1.54) is 0 Å². The van der Waals surface area contributed by atoms with Crippen LogP contribution in [0.3, 0.4) is 0 Å². The van der Waals surface area contributed by atoms with Gasteiger partial charge in [0.05, 0.1) is 0 Å². The maximum atomic E-state index is 8.25. The summed E-state index contributed by atoms with van der Waals surface area (Å²) in [7, 11) is 0. The molecule has 0 fully saturated rings. The summed E-state index contributed by atoms with van der Waals surface area (Å²) < 4.78 is 0. The van der Waals surface area contributed by atoms with E-state index in [9.17, 15) is 0 Å². The minimum atomic E-state index is -0.500. The van der Waals surface area contributed by atoms with Crippen LogP contribution in [-0.2, 0) is 21.6 Å². The molecule has 0 heterocycles. The summed E-state index contributed by atoms with van der Waals surface area (Å²) in [6, 6.07) is 0. The number of carbonyl (C=O) groups is 1. The molecule has 4 nitrogen and oxygen atoms in total. The van der Waals surface area contributed by atoms with Crippen molar-refractivity contribution >= 4 is 6.47 Å². The topological polar surface area (TPSA) is 103 Å². The number of rotatable bonds is 0. The fraction of sp³-hybridized carbons (Fsp3) is 0. The predicted octanol–water partition coefficient (Wildman–Crippen LogP) is -3.29. The normalized spacial score (nSPS) is 2.00. The van der Waals surface area contributed by atoms with Gasteiger partial charge in [0.15, 0.2) is 0 Å². The molecule has 4 N–H and O–H groups in total. The Hall–Kier alpha value is -0.104. The molecular weight excluding hydrogens is 135 g/mol. The van der Waals surface area contributed by atoms with Crippen molar-refractivity contribution in [2.75, 3.05) is 0 Å². The maximum Gasteiger partial charge on any atom is 2.00 e. The molecule has 0 aromatic heterocycles. The van der Waals surface area contributed by atoms with Gasteiger partial charge >= 0.3 is 16.8 Å². The first kappa shape index (κ1) is 39.3. The van der Waals surface area contributed by atoms with Gasteiger partial charge in [0.2, 0.25) is 0 Å². The summed E-state index contributed by atoms with van der Waals surface area (Å²) in [5, 5.41) is 8.25. The second kappa shape index (κ2) is 92.5. The van der Waals surface area contributed by atoms with E-state index in [0.717, 1.165) is 0 Å². The van der Waals surface area contributed by atoms with Crippen LogP contribution in [0.1, 0.15) is 0 Å². The van der Waals surface area contributed by atoms with E-state index in [0.29, 0.717) is 0 Å². The molecule has 0 spiro atoms. The standard InChI is InChI=1S/CH2O2.Co.2H2O/c2-1-3;;;/h1H,(H,2,3);;2*1H2/q;+2;;/p-1. The molecule has 0 unspecified atom stereocenters. The average Bonchev–Trinajstić information content (AvgIpc) is 0.918. The van der Waals surface area contributed by atoms with Gasteiger partial charge in [0, 0.05) is 6.47 Å². The van der Waals surface area contributed by atoms with E-state index < -0.39 is 6.47 Å². The number of carbonyl (C=O) groups excluding carboxylic acids is 1. The second-order valence-electron chi connectivity index (χ2n) is 0.0962. The van der Waals surface area contributed by atoms with Gasteiger partial charge in [-0.15, -0.1) is 0 Å². The van der Waals surface area contributed by atoms with Crippen LogP contribution in [0, 0.1) is 0 Å². The van der Waals surface area contributed by atoms with Gasteiger partial charge in [-0.2, -0.15) is 0 Å². The summed E-state index contributed by atoms with van der Waals surface area (Å²) in [4.78, 5) is 8.25. The molecule has 0 amide bonds. The number of carboxylic acid groups (broad SMARTS) is 1. The second-order valence-corrected chi connectivity index (χ2v) is 0.0962. The van der Waals surface area contributed by atoms with Crippen LogP contribution in [0.5, 0.6) is 0 Å². The van der Waals surface area contributed by atoms with Crippen LogP contribution in [0.15, 0.2) is 0 Å². The predicted molar refractivity (Wildman–Crippen MR) is 13.3 cm³/mol. The number of hydrogen-bond donors (Lipinski definition) is 0. The van der Waals surface area contributed by atoms with E-state index in [2.05, 4.69) is 0 Å². The van der Waals surface area contributed by atoms with Gasteiger partial charge in [-0.05, 0) is 0 Å². The molecule has 0 aromatic rings. The summed E-state index contributed by atoms with van der Waals surface area (Å²) in [6.07, 6.45) is 0. The van der Waals surface area contributed by atoms with Crippen molar-refractivity contribution in [3.63, 3.8) is 0 Å². The Bertz CT molecular complexity index is 15.0. The average molecular weight is 140 g/mol. The largest absolute Gasteiger partial charge is 2.00 e. The first-order valence-corrected chi connectivity index (χ1v) is 0.471. The van der Waals surface area contributed by atoms with Crippen LogP contribution in [0.4, 0.5) is 0 Å². The monoisotopic (exact) mass is 140 g/mol. The van der Waals surface area contributed by atoms with E-state index >= 15 is 0 Å². The molecule has 0 aliphatic carbocycles. The van der Waals surface area contributed by atoms with Gasteiger partial charge in [0.25, 0.3) is 0 Å². The van der Waals surface area contributed by atoms with Gasteiger partial charge < -0.3 is 20.9 Å². The molecule has 0 rings (SSSR count). The molecule has 0 aliphatic heterocycles. The van der Waals surface area contributed by atoms with Crippen LogP contribution in [-0.4, -0.2) is 17.4 Å². The molecule has 0 atom stereocenters. The quantitative estimate of drug-likeness (QED) is 0.329. The Balaban J connectivity index is -0.00000000667. The molecule has 0 saturated carbocycles. The fourth-order valence-corrected chi connectivity index (χ4v) is 0. The fourth-order valence-electron chi connectivity index (χ4n) is 0. The first-order valence-electron chi connectivity index (χ1n) is 0.471. The van der Waals surface area contributed by atoms with E-state index in [1.54, 1.807) is 0 Å². The van der Waals surface area contributed by atoms with Crippen molar-refractivity contribution < 1.29 is 37.6 Å². The summed E-state index contributed by atoms with van der Waals surface area (Å²) >= 11 is 0. The Morgan fingerprint density at radius 1 is 1.33 bits per heavy atom. The Morgan fingerprint density at radius 3 is 1.33 bits per heavy atom. The Labute approximate surface area is 45.0 Å². The van der Waals surface area contributed by atoms with Crippen molar-refractivity contribution in [1.29, 1.82) is 0 Å². The summed E-state index contributed by atoms with van der Waals surface area (Å²) in [5.74, 6) is 0. The molecule has 6 heavy (non-hydrogen) atoms. The van der Waals surface area contributed by atoms with E-state index in [-0.39, 0.29) is 27.7 Å². The first-order chi connectivity index (χ1) is 1.41. The Morgan fingerprint density at radius 2 is 1.33 bits per heavy atom. The molecular formula is CH5CoO4+. The van der Waals surface area contributed by atoms with Gasteiger partial charge in [0.1, 0.15) is 0 Å². The molecule has 0 aliphatic rings. The third-order valence-corrected chi connectivity index (χ3v) is 0. The van der Waals surface area contributed by atoms with Crippen LogP contribution >= 0.6 is 0 Å². The van der Waals surface area contributed by atoms with Crippen molar-refractivity contribution in [2.24, 2.45) is 0 Å². The van der Waals surface area contributed by atoms with Crippen LogP contribution in [0.2, 0.25) is 0 Å². The zero-order chi connectivity index (χ0) is 2.71. The molecule has 1 radical (unpaired) electrons. The van der Waals surface area contributed by atoms with Crippen LogP contribution < -0.4 is 5.11 Å². The van der Waals surface area contributed by atoms with Gasteiger partial charge in [-0.3, -0.25) is 0 Å². The van der Waals surface area contributed by atoms with Crippen molar-refractivity contribution in [3.8, 4) is 0 Å². The minimum absolute atomic E-state index is 0. The molecule has 5 heteroatoms. The van der Waals surface area contributed by atoms with Gasteiger partial charge in [-0.1, -0.05) is 0 Å². The maximum absolute atomic E-state index is 8.25. The number of hydrogen-bond acceptors (Lipinski definition) is 2. The van der Waals surface area contributed by atoms with Crippen molar-refractivity contribution in [1.82, 2.24) is 0 Å². The van der Waals surface area contributed by atoms with Gasteiger partial charge in [-0.25, -0.2) is 0 Å². The minimum Gasteiger partial charge on any atom is -0.554 e. The summed E-state index contributed by atoms with van der Waals surface area (Å²) in [5.41, 5.74) is 0. The zero-order valence-corrected chi connectivity index (χ0v) is 3.77. The van der Waals surface area contributed by atoms with Crippen molar-refractivity contribution in [2.45, 2.75) is 0 Å². The smallest absolute Gasteiger partial charge is 0.554 e. The van der Waals surface area contributed by atoms with Crippen molar-refractivity contribution in [3.05, 3.63) is 0 Å². The molecule has 0 bridgehead atoms. The molecule has 41 valence electrons. The van der Waals surface area contributed by atoms with E-state index in [4.69, 9.17) is 9.90 Å². The Kier molecular flexibility index (Phi) is 606.